The first-order chi connectivity index (χ1) is 12.5. The summed E-state index contributed by atoms with van der Waals surface area (Å²) < 4.78 is 0. The Kier molecular flexibility index (Phi) is 3.83. The molecule has 6 nitrogen and oxygen atoms in total. The van der Waals surface area contributed by atoms with Crippen LogP contribution in [0.4, 0.5) is 0 Å². The number of carbonyl (C=O) groups excluding carboxylic acids is 1. The highest BCUT2D eigenvalue weighted by atomic mass is 16.3. The van der Waals surface area contributed by atoms with E-state index in [0.29, 0.717) is 6.04 Å². The Morgan fingerprint density at radius 1 is 1.35 bits per heavy atom. The van der Waals surface area contributed by atoms with Gasteiger partial charge in [-0.3, -0.25) is 9.69 Å². The fourth-order valence-electron chi connectivity index (χ4n) is 4.91. The maximum Gasteiger partial charge on any atom is 0.225 e. The minimum atomic E-state index is -0.741. The summed E-state index contributed by atoms with van der Waals surface area (Å²) in [6.45, 7) is 5.47. The summed E-state index contributed by atoms with van der Waals surface area (Å²) >= 11 is 0. The van der Waals surface area contributed by atoms with Crippen LogP contribution in [-0.4, -0.2) is 62.1 Å². The number of nitrogens with zero attached hydrogens (tertiary/aromatic N) is 4. The van der Waals surface area contributed by atoms with Crippen LogP contribution in [0, 0.1) is 12.8 Å². The van der Waals surface area contributed by atoms with Crippen LogP contribution in [0.15, 0.2) is 6.20 Å². The van der Waals surface area contributed by atoms with Crippen molar-refractivity contribution < 1.29 is 9.90 Å². The first-order valence-electron chi connectivity index (χ1n) is 10.1. The van der Waals surface area contributed by atoms with E-state index in [1.54, 1.807) is 0 Å². The van der Waals surface area contributed by atoms with Gasteiger partial charge in [-0.05, 0) is 44.9 Å². The highest BCUT2D eigenvalue weighted by Crippen LogP contribution is 2.41. The first kappa shape index (κ1) is 16.6. The largest absolute Gasteiger partial charge is 0.389 e. The van der Waals surface area contributed by atoms with Gasteiger partial charge in [-0.2, -0.15) is 0 Å². The second kappa shape index (κ2) is 5.99. The predicted molar refractivity (Wildman–Crippen MR) is 96.4 cm³/mol. The van der Waals surface area contributed by atoms with Crippen molar-refractivity contribution in [3.8, 4) is 0 Å². The standard InChI is InChI=1S/C20H28N4O2/c1-13-21-8-15-10-23(9-14-3-4-14)17-12-24(11-16(17)19(15)22-13)18(25)7-20(26)5-2-6-20/h8,14,16-17,26H,2-7,9-12H2,1H3. The molecule has 2 aliphatic carbocycles. The smallest absolute Gasteiger partial charge is 0.225 e. The van der Waals surface area contributed by atoms with Crippen LogP contribution in [0.25, 0.3) is 0 Å². The quantitative estimate of drug-likeness (QED) is 0.888. The number of aliphatic hydroxyl groups is 1. The topological polar surface area (TPSA) is 69.6 Å². The number of fused-ring (bicyclic) bond motifs is 3. The summed E-state index contributed by atoms with van der Waals surface area (Å²) in [7, 11) is 0. The zero-order chi connectivity index (χ0) is 17.9. The van der Waals surface area contributed by atoms with Crippen molar-refractivity contribution >= 4 is 5.91 Å². The Bertz CT molecular complexity index is 729. The maximum atomic E-state index is 12.8. The van der Waals surface area contributed by atoms with Crippen molar-refractivity contribution in [2.24, 2.45) is 5.92 Å². The van der Waals surface area contributed by atoms with E-state index >= 15 is 0 Å². The van der Waals surface area contributed by atoms with Gasteiger partial charge in [0.15, 0.2) is 0 Å². The van der Waals surface area contributed by atoms with Crippen LogP contribution in [0.5, 0.6) is 0 Å². The number of aromatic nitrogens is 2. The van der Waals surface area contributed by atoms with Gasteiger partial charge in [0.1, 0.15) is 5.82 Å². The Balaban J connectivity index is 1.38. The number of aryl methyl sites for hydroxylation is 1. The molecule has 2 saturated carbocycles. The summed E-state index contributed by atoms with van der Waals surface area (Å²) in [6, 6.07) is 0.359. The number of amides is 1. The fourth-order valence-corrected chi connectivity index (χ4v) is 4.91. The van der Waals surface area contributed by atoms with Crippen LogP contribution in [0.2, 0.25) is 0 Å². The number of carbonyl (C=O) groups is 1. The molecule has 4 aliphatic rings. The van der Waals surface area contributed by atoms with E-state index in [0.717, 1.165) is 62.9 Å². The van der Waals surface area contributed by atoms with E-state index in [9.17, 15) is 9.90 Å². The average Bonchev–Trinajstić information content (AvgIpc) is 3.28. The molecule has 1 aromatic heterocycles. The molecule has 0 spiro atoms. The second-order valence-corrected chi connectivity index (χ2v) is 8.93. The summed E-state index contributed by atoms with van der Waals surface area (Å²) in [4.78, 5) is 26.5. The molecule has 6 heteroatoms. The van der Waals surface area contributed by atoms with E-state index in [1.807, 2.05) is 18.0 Å². The van der Waals surface area contributed by atoms with Crippen molar-refractivity contribution in [3.63, 3.8) is 0 Å². The highest BCUT2D eigenvalue weighted by molar-refractivity contribution is 5.78. The molecule has 1 amide bonds. The molecule has 1 aromatic rings. The van der Waals surface area contributed by atoms with E-state index in [-0.39, 0.29) is 18.2 Å². The zero-order valence-corrected chi connectivity index (χ0v) is 15.5. The van der Waals surface area contributed by atoms with Gasteiger partial charge in [0, 0.05) is 49.9 Å². The van der Waals surface area contributed by atoms with Crippen LogP contribution in [-0.2, 0) is 11.3 Å². The van der Waals surface area contributed by atoms with E-state index in [4.69, 9.17) is 4.98 Å². The Morgan fingerprint density at radius 2 is 2.15 bits per heavy atom. The van der Waals surface area contributed by atoms with Gasteiger partial charge in [-0.1, -0.05) is 0 Å². The van der Waals surface area contributed by atoms with Crippen LogP contribution < -0.4 is 0 Å². The van der Waals surface area contributed by atoms with E-state index < -0.39 is 5.60 Å². The molecule has 2 aliphatic heterocycles. The first-order valence-corrected chi connectivity index (χ1v) is 10.1. The van der Waals surface area contributed by atoms with Gasteiger partial charge in [-0.15, -0.1) is 0 Å². The second-order valence-electron chi connectivity index (χ2n) is 8.93. The number of rotatable bonds is 4. The lowest BCUT2D eigenvalue weighted by Crippen LogP contribution is -2.46. The molecule has 2 atom stereocenters. The molecule has 0 radical (unpaired) electrons. The summed E-state index contributed by atoms with van der Waals surface area (Å²) in [5.41, 5.74) is 1.63. The molecule has 0 bridgehead atoms. The number of hydrogen-bond donors (Lipinski definition) is 1. The monoisotopic (exact) mass is 356 g/mol. The van der Waals surface area contributed by atoms with Gasteiger partial charge >= 0.3 is 0 Å². The lowest BCUT2D eigenvalue weighted by atomic mass is 9.77. The van der Waals surface area contributed by atoms with Crippen LogP contribution in [0.3, 0.4) is 0 Å². The molecule has 140 valence electrons. The molecule has 1 N–H and O–H groups in total. The molecule has 3 fully saturated rings. The molecule has 2 unspecified atom stereocenters. The van der Waals surface area contributed by atoms with Crippen molar-refractivity contribution in [2.75, 3.05) is 19.6 Å². The van der Waals surface area contributed by atoms with Gasteiger partial charge in [0.25, 0.3) is 0 Å². The van der Waals surface area contributed by atoms with E-state index in [2.05, 4.69) is 9.88 Å². The van der Waals surface area contributed by atoms with Crippen molar-refractivity contribution in [2.45, 2.75) is 69.6 Å². The maximum absolute atomic E-state index is 12.8. The number of likely N-dealkylation sites (tertiary alicyclic amines) is 1. The average molecular weight is 356 g/mol. The Hall–Kier alpha value is -1.53. The normalized spacial score (nSPS) is 29.8. The Labute approximate surface area is 154 Å². The highest BCUT2D eigenvalue weighted by Gasteiger charge is 2.47. The summed E-state index contributed by atoms with van der Waals surface area (Å²) in [5, 5.41) is 10.4. The van der Waals surface area contributed by atoms with Crippen molar-refractivity contribution in [3.05, 3.63) is 23.3 Å². The van der Waals surface area contributed by atoms with Gasteiger partial charge in [-0.25, -0.2) is 9.97 Å². The fraction of sp³-hybridized carbons (Fsp3) is 0.750. The predicted octanol–water partition coefficient (Wildman–Crippen LogP) is 1.61. The zero-order valence-electron chi connectivity index (χ0n) is 15.5. The summed E-state index contributed by atoms with van der Waals surface area (Å²) in [6.07, 6.45) is 7.50. The molecule has 5 rings (SSSR count). The summed E-state index contributed by atoms with van der Waals surface area (Å²) in [5.74, 6) is 2.02. The molecule has 1 saturated heterocycles. The van der Waals surface area contributed by atoms with E-state index in [1.165, 1.54) is 18.4 Å². The minimum absolute atomic E-state index is 0.111. The molecular formula is C20H28N4O2. The van der Waals surface area contributed by atoms with Crippen LogP contribution in [0.1, 0.15) is 61.5 Å². The van der Waals surface area contributed by atoms with Crippen molar-refractivity contribution in [1.29, 1.82) is 0 Å². The molecule has 26 heavy (non-hydrogen) atoms. The van der Waals surface area contributed by atoms with Gasteiger partial charge in [0.2, 0.25) is 5.91 Å². The van der Waals surface area contributed by atoms with Gasteiger partial charge < -0.3 is 10.0 Å². The van der Waals surface area contributed by atoms with Gasteiger partial charge in [0.05, 0.1) is 17.7 Å². The third-order valence-electron chi connectivity index (χ3n) is 6.81. The molecule has 0 aromatic carbocycles. The lowest BCUT2D eigenvalue weighted by Gasteiger charge is -2.37. The SMILES string of the molecule is Cc1ncc2c(n1)C1CN(C(=O)CC3(O)CCC3)CC1N(CC1CC1)C2. The molecular weight excluding hydrogens is 328 g/mol. The minimum Gasteiger partial charge on any atom is -0.389 e. The Morgan fingerprint density at radius 3 is 2.85 bits per heavy atom. The third kappa shape index (κ3) is 2.93. The lowest BCUT2D eigenvalue weighted by molar-refractivity contribution is -0.139. The number of hydrogen-bond acceptors (Lipinski definition) is 5. The molecule has 3 heterocycles. The van der Waals surface area contributed by atoms with Crippen molar-refractivity contribution in [1.82, 2.24) is 19.8 Å². The third-order valence-corrected chi connectivity index (χ3v) is 6.81. The van der Waals surface area contributed by atoms with Crippen LogP contribution >= 0.6 is 0 Å².